The number of rotatable bonds is 6. The second kappa shape index (κ2) is 8.69. The molecule has 0 bridgehead atoms. The number of carbonyl (C=O) groups excluding carboxylic acids is 1. The molecule has 3 aromatic rings. The van der Waals surface area contributed by atoms with Gasteiger partial charge in [-0.2, -0.15) is 0 Å². The molecule has 0 aliphatic rings. The van der Waals surface area contributed by atoms with Crippen molar-refractivity contribution in [3.8, 4) is 17.2 Å². The number of nitrogens with zero attached hydrogens (tertiary/aromatic N) is 3. The Balaban J connectivity index is 1.59. The van der Waals surface area contributed by atoms with Gasteiger partial charge in [0.15, 0.2) is 6.61 Å². The van der Waals surface area contributed by atoms with Crippen LogP contribution in [0, 0.1) is 13.8 Å². The van der Waals surface area contributed by atoms with Crippen molar-refractivity contribution >= 4 is 5.91 Å². The SMILES string of the molecule is Cc1ccc(C)c(OCC(=O)N(C)Cc2nnc(-c3ccc(C(C)(C)C)cc3)o2)c1. The summed E-state index contributed by atoms with van der Waals surface area (Å²) < 4.78 is 11.5. The topological polar surface area (TPSA) is 68.5 Å². The lowest BCUT2D eigenvalue weighted by molar-refractivity contribution is -0.132. The van der Waals surface area contributed by atoms with Crippen LogP contribution in [0.15, 0.2) is 46.9 Å². The minimum atomic E-state index is -0.162. The Labute approximate surface area is 177 Å². The van der Waals surface area contributed by atoms with Crippen LogP contribution in [0.1, 0.15) is 43.4 Å². The number of likely N-dealkylation sites (N-methyl/N-ethyl adjacent to an activating group) is 1. The molecule has 0 spiro atoms. The minimum absolute atomic E-state index is 0.0456. The maximum Gasteiger partial charge on any atom is 0.260 e. The van der Waals surface area contributed by atoms with Gasteiger partial charge in [-0.05, 0) is 54.2 Å². The Morgan fingerprint density at radius 1 is 1.07 bits per heavy atom. The van der Waals surface area contributed by atoms with Gasteiger partial charge in [0.2, 0.25) is 11.8 Å². The molecule has 158 valence electrons. The summed E-state index contributed by atoms with van der Waals surface area (Å²) in [5, 5.41) is 8.20. The zero-order chi connectivity index (χ0) is 21.9. The molecule has 0 fully saturated rings. The van der Waals surface area contributed by atoms with Crippen LogP contribution in [-0.2, 0) is 16.8 Å². The molecule has 3 rings (SSSR count). The third-order valence-corrected chi connectivity index (χ3v) is 4.96. The van der Waals surface area contributed by atoms with Crippen molar-refractivity contribution in [3.05, 3.63) is 65.0 Å². The van der Waals surface area contributed by atoms with Gasteiger partial charge in [-0.1, -0.05) is 45.0 Å². The molecule has 1 amide bonds. The van der Waals surface area contributed by atoms with Gasteiger partial charge in [0.1, 0.15) is 5.75 Å². The lowest BCUT2D eigenvalue weighted by Crippen LogP contribution is -2.31. The monoisotopic (exact) mass is 407 g/mol. The molecule has 0 saturated heterocycles. The Kier molecular flexibility index (Phi) is 6.25. The fraction of sp³-hybridized carbons (Fsp3) is 0.375. The van der Waals surface area contributed by atoms with Crippen LogP contribution in [0.4, 0.5) is 0 Å². The van der Waals surface area contributed by atoms with E-state index in [1.807, 2.05) is 44.2 Å². The molecular formula is C24H29N3O3. The maximum atomic E-state index is 12.4. The van der Waals surface area contributed by atoms with Crippen molar-refractivity contribution in [3.63, 3.8) is 0 Å². The first-order chi connectivity index (χ1) is 14.1. The summed E-state index contributed by atoms with van der Waals surface area (Å²) >= 11 is 0. The number of aromatic nitrogens is 2. The normalized spacial score (nSPS) is 11.4. The molecule has 2 aromatic carbocycles. The fourth-order valence-electron chi connectivity index (χ4n) is 2.95. The predicted molar refractivity (Wildman–Crippen MR) is 116 cm³/mol. The number of ether oxygens (including phenoxy) is 1. The predicted octanol–water partition coefficient (Wildman–Crippen LogP) is 4.69. The standard InChI is InChI=1S/C24H29N3O3/c1-16-7-8-17(2)20(13-16)29-15-22(28)27(6)14-21-25-26-23(30-21)18-9-11-19(12-10-18)24(3,4)5/h7-13H,14-15H2,1-6H3. The molecule has 0 saturated carbocycles. The summed E-state index contributed by atoms with van der Waals surface area (Å²) in [5.74, 6) is 1.38. The number of hydrogen-bond donors (Lipinski definition) is 0. The molecule has 1 heterocycles. The average Bonchev–Trinajstić information content (AvgIpc) is 3.16. The zero-order valence-corrected chi connectivity index (χ0v) is 18.5. The second-order valence-electron chi connectivity index (χ2n) is 8.64. The molecule has 0 radical (unpaired) electrons. The van der Waals surface area contributed by atoms with E-state index in [1.54, 1.807) is 7.05 Å². The van der Waals surface area contributed by atoms with E-state index in [4.69, 9.17) is 9.15 Å². The van der Waals surface area contributed by atoms with Crippen LogP contribution in [0.25, 0.3) is 11.5 Å². The van der Waals surface area contributed by atoms with Crippen molar-refractivity contribution < 1.29 is 13.9 Å². The Bertz CT molecular complexity index is 1020. The third kappa shape index (κ3) is 5.26. The number of benzene rings is 2. The minimum Gasteiger partial charge on any atom is -0.483 e. The van der Waals surface area contributed by atoms with Crippen molar-refractivity contribution in [2.24, 2.45) is 0 Å². The quantitative estimate of drug-likeness (QED) is 0.593. The highest BCUT2D eigenvalue weighted by molar-refractivity contribution is 5.77. The summed E-state index contributed by atoms with van der Waals surface area (Å²) in [4.78, 5) is 14.0. The number of aryl methyl sites for hydroxylation is 2. The molecule has 0 unspecified atom stereocenters. The van der Waals surface area contributed by atoms with Crippen LogP contribution < -0.4 is 4.74 Å². The van der Waals surface area contributed by atoms with E-state index in [0.717, 1.165) is 22.4 Å². The van der Waals surface area contributed by atoms with Crippen LogP contribution >= 0.6 is 0 Å². The molecule has 6 nitrogen and oxygen atoms in total. The van der Waals surface area contributed by atoms with E-state index >= 15 is 0 Å². The van der Waals surface area contributed by atoms with Gasteiger partial charge >= 0.3 is 0 Å². The van der Waals surface area contributed by atoms with E-state index < -0.39 is 0 Å². The molecule has 1 aromatic heterocycles. The van der Waals surface area contributed by atoms with Gasteiger partial charge in [-0.25, -0.2) is 0 Å². The smallest absolute Gasteiger partial charge is 0.260 e. The Morgan fingerprint density at radius 2 is 1.77 bits per heavy atom. The molecule has 0 aliphatic heterocycles. The highest BCUT2D eigenvalue weighted by atomic mass is 16.5. The lowest BCUT2D eigenvalue weighted by atomic mass is 9.87. The molecule has 0 atom stereocenters. The fourth-order valence-corrected chi connectivity index (χ4v) is 2.95. The average molecular weight is 408 g/mol. The van der Waals surface area contributed by atoms with Crippen molar-refractivity contribution in [1.82, 2.24) is 15.1 Å². The maximum absolute atomic E-state index is 12.4. The van der Waals surface area contributed by atoms with Gasteiger partial charge in [0, 0.05) is 12.6 Å². The van der Waals surface area contributed by atoms with E-state index in [9.17, 15) is 4.79 Å². The Morgan fingerprint density at radius 3 is 2.43 bits per heavy atom. The molecule has 30 heavy (non-hydrogen) atoms. The first kappa shape index (κ1) is 21.6. The van der Waals surface area contributed by atoms with Gasteiger partial charge in [0.25, 0.3) is 5.91 Å². The van der Waals surface area contributed by atoms with Gasteiger partial charge < -0.3 is 14.1 Å². The van der Waals surface area contributed by atoms with E-state index in [-0.39, 0.29) is 24.5 Å². The summed E-state index contributed by atoms with van der Waals surface area (Å²) in [7, 11) is 1.69. The van der Waals surface area contributed by atoms with Crippen molar-refractivity contribution in [2.45, 2.75) is 46.6 Å². The van der Waals surface area contributed by atoms with Crippen LogP contribution in [0.5, 0.6) is 5.75 Å². The van der Waals surface area contributed by atoms with Crippen molar-refractivity contribution in [2.75, 3.05) is 13.7 Å². The first-order valence-electron chi connectivity index (χ1n) is 10.0. The van der Waals surface area contributed by atoms with Gasteiger partial charge in [0.05, 0.1) is 6.54 Å². The van der Waals surface area contributed by atoms with Crippen LogP contribution in [0.2, 0.25) is 0 Å². The zero-order valence-electron chi connectivity index (χ0n) is 18.5. The third-order valence-electron chi connectivity index (χ3n) is 4.96. The van der Waals surface area contributed by atoms with E-state index in [0.29, 0.717) is 11.8 Å². The summed E-state index contributed by atoms with van der Waals surface area (Å²) in [6, 6.07) is 14.0. The molecular weight excluding hydrogens is 378 g/mol. The van der Waals surface area contributed by atoms with E-state index in [1.165, 1.54) is 10.5 Å². The lowest BCUT2D eigenvalue weighted by Gasteiger charge is -2.18. The van der Waals surface area contributed by atoms with Gasteiger partial charge in [-0.3, -0.25) is 4.79 Å². The number of hydrogen-bond acceptors (Lipinski definition) is 5. The van der Waals surface area contributed by atoms with Crippen LogP contribution in [0.3, 0.4) is 0 Å². The first-order valence-corrected chi connectivity index (χ1v) is 10.0. The molecule has 0 N–H and O–H groups in total. The largest absolute Gasteiger partial charge is 0.483 e. The van der Waals surface area contributed by atoms with Crippen molar-refractivity contribution in [1.29, 1.82) is 0 Å². The van der Waals surface area contributed by atoms with E-state index in [2.05, 4.69) is 43.1 Å². The van der Waals surface area contributed by atoms with Crippen LogP contribution in [-0.4, -0.2) is 34.7 Å². The number of carbonyl (C=O) groups is 1. The number of amides is 1. The highest BCUT2D eigenvalue weighted by Gasteiger charge is 2.17. The summed E-state index contributed by atoms with van der Waals surface area (Å²) in [6.45, 7) is 10.6. The second-order valence-corrected chi connectivity index (χ2v) is 8.64. The molecule has 0 aliphatic carbocycles. The molecule has 6 heteroatoms. The highest BCUT2D eigenvalue weighted by Crippen LogP contribution is 2.25. The Hall–Kier alpha value is -3.15. The van der Waals surface area contributed by atoms with Gasteiger partial charge in [-0.15, -0.1) is 10.2 Å². The summed E-state index contributed by atoms with van der Waals surface area (Å²) in [5.41, 5.74) is 4.26. The summed E-state index contributed by atoms with van der Waals surface area (Å²) in [6.07, 6.45) is 0.